The van der Waals surface area contributed by atoms with E-state index in [1.165, 1.54) is 0 Å². The molecule has 0 aliphatic carbocycles. The highest BCUT2D eigenvalue weighted by molar-refractivity contribution is 5.85. The minimum atomic E-state index is -0.844. The Kier molecular flexibility index (Phi) is 4.18. The van der Waals surface area contributed by atoms with Crippen LogP contribution in [-0.4, -0.2) is 48.7 Å². The van der Waals surface area contributed by atoms with E-state index in [0.29, 0.717) is 11.5 Å². The van der Waals surface area contributed by atoms with Crippen molar-refractivity contribution >= 4 is 11.9 Å². The third-order valence-electron chi connectivity index (χ3n) is 3.83. The summed E-state index contributed by atoms with van der Waals surface area (Å²) in [4.78, 5) is 26.0. The van der Waals surface area contributed by atoms with Gasteiger partial charge in [0.2, 0.25) is 6.10 Å². The first kappa shape index (κ1) is 14.7. The Morgan fingerprint density at radius 3 is 2.64 bits per heavy atom. The van der Waals surface area contributed by atoms with Crippen LogP contribution >= 0.6 is 0 Å². The van der Waals surface area contributed by atoms with Gasteiger partial charge in [0.1, 0.15) is 6.61 Å². The molecule has 1 saturated heterocycles. The van der Waals surface area contributed by atoms with Crippen molar-refractivity contribution in [3.8, 4) is 11.5 Å². The van der Waals surface area contributed by atoms with Crippen LogP contribution in [0.25, 0.3) is 0 Å². The van der Waals surface area contributed by atoms with Gasteiger partial charge in [-0.25, -0.2) is 4.79 Å². The SMILES string of the molecule is C[C@@H](OC(=O)[C@@H]1COc2ccccc2O1)C(=O)N1CCCC1. The second kappa shape index (κ2) is 6.25. The van der Waals surface area contributed by atoms with Crippen molar-refractivity contribution in [1.82, 2.24) is 4.90 Å². The van der Waals surface area contributed by atoms with E-state index < -0.39 is 18.2 Å². The lowest BCUT2D eigenvalue weighted by Gasteiger charge is -2.26. The van der Waals surface area contributed by atoms with Crippen molar-refractivity contribution in [2.75, 3.05) is 19.7 Å². The predicted octanol–water partition coefficient (Wildman–Crippen LogP) is 1.38. The number of ether oxygens (including phenoxy) is 3. The molecule has 1 aromatic rings. The predicted molar refractivity (Wildman–Crippen MR) is 77.7 cm³/mol. The molecule has 0 saturated carbocycles. The second-order valence-corrected chi connectivity index (χ2v) is 5.48. The average molecular weight is 305 g/mol. The first-order valence-electron chi connectivity index (χ1n) is 7.53. The van der Waals surface area contributed by atoms with Crippen LogP contribution in [0.5, 0.6) is 11.5 Å². The lowest BCUT2D eigenvalue weighted by Crippen LogP contribution is -2.43. The lowest BCUT2D eigenvalue weighted by molar-refractivity contribution is -0.166. The zero-order chi connectivity index (χ0) is 15.5. The van der Waals surface area contributed by atoms with Gasteiger partial charge in [0, 0.05) is 13.1 Å². The maximum Gasteiger partial charge on any atom is 0.351 e. The van der Waals surface area contributed by atoms with E-state index in [-0.39, 0.29) is 12.5 Å². The zero-order valence-electron chi connectivity index (χ0n) is 12.5. The Morgan fingerprint density at radius 1 is 1.23 bits per heavy atom. The van der Waals surface area contributed by atoms with Crippen molar-refractivity contribution < 1.29 is 23.8 Å². The molecule has 6 heteroatoms. The Hall–Kier alpha value is -2.24. The second-order valence-electron chi connectivity index (χ2n) is 5.48. The van der Waals surface area contributed by atoms with Gasteiger partial charge >= 0.3 is 5.97 Å². The number of likely N-dealkylation sites (tertiary alicyclic amines) is 1. The fraction of sp³-hybridized carbons (Fsp3) is 0.500. The molecule has 0 unspecified atom stereocenters. The number of fused-ring (bicyclic) bond motifs is 1. The molecule has 1 aromatic carbocycles. The summed E-state index contributed by atoms with van der Waals surface area (Å²) >= 11 is 0. The molecule has 22 heavy (non-hydrogen) atoms. The van der Waals surface area contributed by atoms with Gasteiger partial charge in [0.15, 0.2) is 17.6 Å². The van der Waals surface area contributed by atoms with Crippen LogP contribution in [0.15, 0.2) is 24.3 Å². The third-order valence-corrected chi connectivity index (χ3v) is 3.83. The number of hydrogen-bond acceptors (Lipinski definition) is 5. The van der Waals surface area contributed by atoms with Gasteiger partial charge < -0.3 is 19.1 Å². The Balaban J connectivity index is 1.57. The number of amides is 1. The molecule has 2 aliphatic heterocycles. The minimum Gasteiger partial charge on any atom is -0.485 e. The molecular weight excluding hydrogens is 286 g/mol. The summed E-state index contributed by atoms with van der Waals surface area (Å²) in [7, 11) is 0. The summed E-state index contributed by atoms with van der Waals surface area (Å²) in [6, 6.07) is 7.14. The first-order valence-corrected chi connectivity index (χ1v) is 7.53. The third kappa shape index (κ3) is 3.00. The molecule has 1 amide bonds. The van der Waals surface area contributed by atoms with Gasteiger partial charge in [-0.15, -0.1) is 0 Å². The molecule has 2 atom stereocenters. The number of carbonyl (C=O) groups excluding carboxylic acids is 2. The van der Waals surface area contributed by atoms with Crippen molar-refractivity contribution in [2.45, 2.75) is 32.0 Å². The summed E-state index contributed by atoms with van der Waals surface area (Å²) in [6.07, 6.45) is 0.362. The Morgan fingerprint density at radius 2 is 1.91 bits per heavy atom. The maximum atomic E-state index is 12.1. The highest BCUT2D eigenvalue weighted by Gasteiger charge is 2.32. The number of esters is 1. The summed E-state index contributed by atoms with van der Waals surface area (Å²) in [5.41, 5.74) is 0. The molecule has 0 bridgehead atoms. The summed E-state index contributed by atoms with van der Waals surface area (Å²) < 4.78 is 16.3. The van der Waals surface area contributed by atoms with E-state index in [2.05, 4.69) is 0 Å². The number of nitrogens with zero attached hydrogens (tertiary/aromatic N) is 1. The normalized spacial score (nSPS) is 21.3. The number of hydrogen-bond donors (Lipinski definition) is 0. The van der Waals surface area contributed by atoms with E-state index in [9.17, 15) is 9.59 Å². The largest absolute Gasteiger partial charge is 0.485 e. The first-order chi connectivity index (χ1) is 10.6. The molecular formula is C16H19NO5. The molecule has 0 spiro atoms. The van der Waals surface area contributed by atoms with Crippen LogP contribution in [0.1, 0.15) is 19.8 Å². The number of benzene rings is 1. The highest BCUT2D eigenvalue weighted by Crippen LogP contribution is 2.31. The number of para-hydroxylation sites is 2. The van der Waals surface area contributed by atoms with E-state index in [1.807, 2.05) is 6.07 Å². The van der Waals surface area contributed by atoms with Gasteiger partial charge in [-0.05, 0) is 31.9 Å². The Labute approximate surface area is 128 Å². The van der Waals surface area contributed by atoms with Crippen LogP contribution in [0.3, 0.4) is 0 Å². The van der Waals surface area contributed by atoms with Gasteiger partial charge in [0.25, 0.3) is 5.91 Å². The van der Waals surface area contributed by atoms with Crippen molar-refractivity contribution in [2.24, 2.45) is 0 Å². The van der Waals surface area contributed by atoms with Crippen LogP contribution in [0.4, 0.5) is 0 Å². The summed E-state index contributed by atoms with van der Waals surface area (Å²) in [5.74, 6) is 0.388. The fourth-order valence-electron chi connectivity index (χ4n) is 2.63. The van der Waals surface area contributed by atoms with E-state index in [4.69, 9.17) is 14.2 Å². The smallest absolute Gasteiger partial charge is 0.351 e. The molecule has 3 rings (SSSR count). The number of carbonyl (C=O) groups is 2. The molecule has 2 aliphatic rings. The minimum absolute atomic E-state index is 0.0838. The van der Waals surface area contributed by atoms with Crippen LogP contribution in [0.2, 0.25) is 0 Å². The van der Waals surface area contributed by atoms with Crippen LogP contribution < -0.4 is 9.47 Å². The van der Waals surface area contributed by atoms with Crippen molar-refractivity contribution in [1.29, 1.82) is 0 Å². The number of rotatable bonds is 3. The van der Waals surface area contributed by atoms with Gasteiger partial charge in [-0.3, -0.25) is 4.79 Å². The molecule has 0 N–H and O–H groups in total. The van der Waals surface area contributed by atoms with E-state index in [0.717, 1.165) is 25.9 Å². The Bertz CT molecular complexity index is 567. The summed E-state index contributed by atoms with van der Waals surface area (Å²) in [5, 5.41) is 0. The molecule has 6 nitrogen and oxygen atoms in total. The van der Waals surface area contributed by atoms with Crippen LogP contribution in [-0.2, 0) is 14.3 Å². The van der Waals surface area contributed by atoms with Crippen molar-refractivity contribution in [3.63, 3.8) is 0 Å². The molecule has 2 heterocycles. The van der Waals surface area contributed by atoms with E-state index >= 15 is 0 Å². The quantitative estimate of drug-likeness (QED) is 0.789. The fourth-order valence-corrected chi connectivity index (χ4v) is 2.63. The van der Waals surface area contributed by atoms with Gasteiger partial charge in [-0.1, -0.05) is 12.1 Å². The standard InChI is InChI=1S/C16H19NO5/c1-11(15(18)17-8-4-5-9-17)21-16(19)14-10-20-12-6-2-3-7-13(12)22-14/h2-3,6-7,11,14H,4-5,8-10H2,1H3/t11-,14+/m1/s1. The van der Waals surface area contributed by atoms with Gasteiger partial charge in [0.05, 0.1) is 0 Å². The highest BCUT2D eigenvalue weighted by atomic mass is 16.6. The topological polar surface area (TPSA) is 65.1 Å². The van der Waals surface area contributed by atoms with Crippen molar-refractivity contribution in [3.05, 3.63) is 24.3 Å². The van der Waals surface area contributed by atoms with E-state index in [1.54, 1.807) is 30.0 Å². The van der Waals surface area contributed by atoms with Crippen LogP contribution in [0, 0.1) is 0 Å². The van der Waals surface area contributed by atoms with Gasteiger partial charge in [-0.2, -0.15) is 0 Å². The molecule has 0 radical (unpaired) electrons. The zero-order valence-corrected chi connectivity index (χ0v) is 12.5. The monoisotopic (exact) mass is 305 g/mol. The average Bonchev–Trinajstić information content (AvgIpc) is 3.08. The maximum absolute atomic E-state index is 12.1. The molecule has 0 aromatic heterocycles. The summed E-state index contributed by atoms with van der Waals surface area (Å²) in [6.45, 7) is 3.14. The lowest BCUT2D eigenvalue weighted by atomic mass is 10.2. The molecule has 1 fully saturated rings. The molecule has 118 valence electrons.